The molecule has 35 heavy (non-hydrogen) atoms. The molecule has 10 heteroatoms. The molecule has 1 fully saturated rings. The second-order valence-corrected chi connectivity index (χ2v) is 9.22. The molecule has 186 valence electrons. The highest BCUT2D eigenvalue weighted by molar-refractivity contribution is 6.00. The minimum atomic E-state index is -4.60. The summed E-state index contributed by atoms with van der Waals surface area (Å²) >= 11 is 0. The standard InChI is InChI=1S/C25H25F4N3O3/c1-12-9-34-11-21(16-5-4-15(8-19(16)26)25(27,28)29)32(12)24(33)14-3-6-20-17(7-14)18-10-35-13(2)22(18)23(30)31-20/h3-7,12-13,19,21H,8-11H2,1-2H3,(H2,30,31)/t12-,13+,19?,21-/m0/s1. The molecule has 0 bridgehead atoms. The Morgan fingerprint density at radius 3 is 2.69 bits per heavy atom. The van der Waals surface area contributed by atoms with Gasteiger partial charge in [-0.05, 0) is 43.2 Å². The summed E-state index contributed by atoms with van der Waals surface area (Å²) in [5, 5.41) is 0.750. The van der Waals surface area contributed by atoms with Gasteiger partial charge in [0.15, 0.2) is 0 Å². The van der Waals surface area contributed by atoms with Crippen molar-refractivity contribution >= 4 is 22.6 Å². The van der Waals surface area contributed by atoms with Crippen LogP contribution in [0.2, 0.25) is 0 Å². The van der Waals surface area contributed by atoms with Gasteiger partial charge in [0.05, 0.1) is 43.5 Å². The molecule has 3 heterocycles. The number of fused-ring (bicyclic) bond motifs is 3. The zero-order chi connectivity index (χ0) is 25.1. The molecule has 3 aliphatic rings. The van der Waals surface area contributed by atoms with Gasteiger partial charge >= 0.3 is 6.18 Å². The van der Waals surface area contributed by atoms with Crippen LogP contribution in [0.5, 0.6) is 0 Å². The van der Waals surface area contributed by atoms with Crippen LogP contribution >= 0.6 is 0 Å². The van der Waals surface area contributed by atoms with E-state index in [1.807, 2.05) is 6.92 Å². The van der Waals surface area contributed by atoms with E-state index in [-0.39, 0.29) is 30.8 Å². The van der Waals surface area contributed by atoms with Crippen molar-refractivity contribution < 1.29 is 31.8 Å². The molecule has 1 aromatic carbocycles. The summed E-state index contributed by atoms with van der Waals surface area (Å²) in [6.07, 6.45) is -5.42. The third kappa shape index (κ3) is 4.08. The van der Waals surface area contributed by atoms with Gasteiger partial charge in [-0.15, -0.1) is 0 Å². The fraction of sp³-hybridized carbons (Fsp3) is 0.440. The van der Waals surface area contributed by atoms with Crippen LogP contribution in [-0.4, -0.2) is 53.4 Å². The van der Waals surface area contributed by atoms with Crippen molar-refractivity contribution in [3.63, 3.8) is 0 Å². The van der Waals surface area contributed by atoms with Crippen molar-refractivity contribution in [1.82, 2.24) is 9.88 Å². The molecule has 1 aromatic heterocycles. The molecule has 6 nitrogen and oxygen atoms in total. The van der Waals surface area contributed by atoms with Crippen LogP contribution in [0.15, 0.2) is 41.5 Å². The van der Waals surface area contributed by atoms with Gasteiger partial charge in [-0.3, -0.25) is 4.79 Å². The number of hydrogen-bond donors (Lipinski definition) is 1. The first-order valence-corrected chi connectivity index (χ1v) is 11.4. The topological polar surface area (TPSA) is 77.7 Å². The Hall–Kier alpha value is -2.98. The van der Waals surface area contributed by atoms with Gasteiger partial charge in [-0.2, -0.15) is 13.2 Å². The highest BCUT2D eigenvalue weighted by Crippen LogP contribution is 2.39. The van der Waals surface area contributed by atoms with Crippen LogP contribution in [0.25, 0.3) is 10.9 Å². The zero-order valence-corrected chi connectivity index (χ0v) is 19.2. The first-order chi connectivity index (χ1) is 16.6. The minimum absolute atomic E-state index is 0.00392. The van der Waals surface area contributed by atoms with E-state index < -0.39 is 36.4 Å². The lowest BCUT2D eigenvalue weighted by atomic mass is 9.89. The van der Waals surface area contributed by atoms with Crippen LogP contribution in [-0.2, 0) is 16.1 Å². The number of carbonyl (C=O) groups is 1. The maximum atomic E-state index is 15.0. The average molecular weight is 491 g/mol. The van der Waals surface area contributed by atoms with E-state index in [4.69, 9.17) is 15.2 Å². The number of pyridine rings is 1. The summed E-state index contributed by atoms with van der Waals surface area (Å²) in [5.41, 5.74) is 7.97. The Morgan fingerprint density at radius 2 is 1.97 bits per heavy atom. The number of halogens is 4. The molecule has 1 amide bonds. The number of nitrogens with zero attached hydrogens (tertiary/aromatic N) is 2. The van der Waals surface area contributed by atoms with Gasteiger partial charge in [0.2, 0.25) is 0 Å². The second-order valence-electron chi connectivity index (χ2n) is 9.22. The number of morpholine rings is 1. The lowest BCUT2D eigenvalue weighted by Crippen LogP contribution is -2.55. The van der Waals surface area contributed by atoms with Crippen molar-refractivity contribution in [3.8, 4) is 0 Å². The van der Waals surface area contributed by atoms with E-state index >= 15 is 0 Å². The number of nitrogens with two attached hydrogens (primary N) is 1. The van der Waals surface area contributed by atoms with E-state index in [0.717, 1.165) is 28.7 Å². The number of amides is 1. The summed E-state index contributed by atoms with van der Waals surface area (Å²) in [4.78, 5) is 19.7. The molecule has 0 radical (unpaired) electrons. The zero-order valence-electron chi connectivity index (χ0n) is 19.2. The fourth-order valence-electron chi connectivity index (χ4n) is 5.17. The number of benzene rings is 1. The Morgan fingerprint density at radius 1 is 1.20 bits per heavy atom. The number of nitrogen functional groups attached to an aromatic ring is 1. The van der Waals surface area contributed by atoms with Gasteiger partial charge in [0, 0.05) is 28.5 Å². The normalized spacial score (nSPS) is 27.0. The first-order valence-electron chi connectivity index (χ1n) is 11.4. The highest BCUT2D eigenvalue weighted by atomic mass is 19.4. The Bertz CT molecular complexity index is 1260. The summed E-state index contributed by atoms with van der Waals surface area (Å²) in [6.45, 7) is 4.24. The second kappa shape index (κ2) is 8.60. The van der Waals surface area contributed by atoms with Crippen LogP contribution in [0.1, 0.15) is 47.9 Å². The number of allylic oxidation sites excluding steroid dienone is 3. The molecule has 5 rings (SSSR count). The van der Waals surface area contributed by atoms with Crippen molar-refractivity contribution in [2.45, 2.75) is 57.4 Å². The van der Waals surface area contributed by atoms with Gasteiger partial charge < -0.3 is 20.1 Å². The molecule has 0 saturated carbocycles. The molecule has 1 unspecified atom stereocenters. The fourth-order valence-corrected chi connectivity index (χ4v) is 5.17. The largest absolute Gasteiger partial charge is 0.412 e. The van der Waals surface area contributed by atoms with Crippen LogP contribution in [0.3, 0.4) is 0 Å². The van der Waals surface area contributed by atoms with Crippen molar-refractivity contribution in [2.75, 3.05) is 18.9 Å². The minimum Gasteiger partial charge on any atom is -0.383 e. The smallest absolute Gasteiger partial charge is 0.383 e. The lowest BCUT2D eigenvalue weighted by Gasteiger charge is -2.43. The van der Waals surface area contributed by atoms with E-state index in [1.165, 1.54) is 4.90 Å². The molecule has 1 saturated heterocycles. The summed E-state index contributed by atoms with van der Waals surface area (Å²) < 4.78 is 65.5. The van der Waals surface area contributed by atoms with Crippen LogP contribution in [0, 0.1) is 0 Å². The molecule has 1 aliphatic carbocycles. The number of carbonyl (C=O) groups excluding carboxylic acids is 1. The van der Waals surface area contributed by atoms with E-state index in [0.29, 0.717) is 23.5 Å². The highest BCUT2D eigenvalue weighted by Gasteiger charge is 2.42. The molecule has 4 atom stereocenters. The monoisotopic (exact) mass is 491 g/mol. The molecule has 2 aliphatic heterocycles. The number of hydrogen-bond acceptors (Lipinski definition) is 5. The SMILES string of the molecule is C[C@H]1OCc2c1c(N)nc1ccc(C(=O)N3[C@@H](C)COC[C@H]3C3=CC=C(C(F)(F)F)CC3F)cc21. The van der Waals surface area contributed by atoms with Crippen molar-refractivity contribution in [2.24, 2.45) is 0 Å². The van der Waals surface area contributed by atoms with Crippen LogP contribution in [0.4, 0.5) is 23.4 Å². The third-order valence-electron chi connectivity index (χ3n) is 6.96. The molecule has 2 N–H and O–H groups in total. The molecular weight excluding hydrogens is 466 g/mol. The lowest BCUT2D eigenvalue weighted by molar-refractivity contribution is -0.0960. The number of alkyl halides is 4. The Balaban J connectivity index is 1.53. The Labute approximate surface area is 199 Å². The van der Waals surface area contributed by atoms with Gasteiger partial charge in [0.1, 0.15) is 12.0 Å². The quantitative estimate of drug-likeness (QED) is 0.611. The van der Waals surface area contributed by atoms with E-state index in [1.54, 1.807) is 25.1 Å². The molecule has 0 spiro atoms. The Kier molecular flexibility index (Phi) is 5.83. The maximum Gasteiger partial charge on any atom is 0.412 e. The first kappa shape index (κ1) is 23.7. The third-order valence-corrected chi connectivity index (χ3v) is 6.96. The summed E-state index contributed by atoms with van der Waals surface area (Å²) in [5.74, 6) is 0.0342. The molecule has 2 aromatic rings. The van der Waals surface area contributed by atoms with Crippen molar-refractivity contribution in [3.05, 3.63) is 58.2 Å². The average Bonchev–Trinajstić information content (AvgIpc) is 3.20. The number of aromatic nitrogens is 1. The summed E-state index contributed by atoms with van der Waals surface area (Å²) in [6, 6.07) is 3.84. The number of ether oxygens (including phenoxy) is 2. The van der Waals surface area contributed by atoms with E-state index in [2.05, 4.69) is 4.98 Å². The van der Waals surface area contributed by atoms with Gasteiger partial charge in [0.25, 0.3) is 5.91 Å². The summed E-state index contributed by atoms with van der Waals surface area (Å²) in [7, 11) is 0. The van der Waals surface area contributed by atoms with Gasteiger partial charge in [-0.25, -0.2) is 9.37 Å². The van der Waals surface area contributed by atoms with E-state index in [9.17, 15) is 22.4 Å². The predicted octanol–water partition coefficient (Wildman–Crippen LogP) is 4.79. The molecular formula is C25H25F4N3O3. The van der Waals surface area contributed by atoms with Gasteiger partial charge in [-0.1, -0.05) is 12.2 Å². The maximum absolute atomic E-state index is 15.0. The van der Waals surface area contributed by atoms with Crippen LogP contribution < -0.4 is 5.73 Å². The number of rotatable bonds is 2. The number of anilines is 1. The predicted molar refractivity (Wildman–Crippen MR) is 121 cm³/mol. The van der Waals surface area contributed by atoms with Crippen molar-refractivity contribution in [1.29, 1.82) is 0 Å².